The third-order valence-electron chi connectivity index (χ3n) is 5.66. The van der Waals surface area contributed by atoms with Gasteiger partial charge in [0.2, 0.25) is 0 Å². The number of aryl methyl sites for hydroxylation is 1. The van der Waals surface area contributed by atoms with Gasteiger partial charge in [-0.3, -0.25) is 0 Å². The molecule has 0 amide bonds. The summed E-state index contributed by atoms with van der Waals surface area (Å²) in [6.07, 6.45) is 4.46. The van der Waals surface area contributed by atoms with Crippen LogP contribution in [0.5, 0.6) is 0 Å². The van der Waals surface area contributed by atoms with E-state index in [2.05, 4.69) is 55.6 Å². The first kappa shape index (κ1) is 20.1. The van der Waals surface area contributed by atoms with E-state index in [0.29, 0.717) is 25.1 Å². The van der Waals surface area contributed by atoms with E-state index in [1.165, 1.54) is 31.2 Å². The van der Waals surface area contributed by atoms with E-state index in [1.54, 1.807) is 0 Å². The van der Waals surface area contributed by atoms with Gasteiger partial charge in [0.05, 0.1) is 12.7 Å². The lowest BCUT2D eigenvalue weighted by Gasteiger charge is -2.30. The van der Waals surface area contributed by atoms with E-state index in [9.17, 15) is 5.11 Å². The van der Waals surface area contributed by atoms with Gasteiger partial charge in [0.1, 0.15) is 6.10 Å². The number of hydrogen-bond acceptors (Lipinski definition) is 3. The van der Waals surface area contributed by atoms with Crippen LogP contribution in [0.3, 0.4) is 0 Å². The second-order valence-electron chi connectivity index (χ2n) is 7.97. The fourth-order valence-electron chi connectivity index (χ4n) is 3.93. The Labute approximate surface area is 163 Å². The first-order valence-electron chi connectivity index (χ1n) is 10.3. The van der Waals surface area contributed by atoms with Gasteiger partial charge in [-0.15, -0.1) is 0 Å². The zero-order chi connectivity index (χ0) is 19.1. The minimum atomic E-state index is -0.504. The van der Waals surface area contributed by atoms with Crippen LogP contribution in [-0.2, 0) is 4.74 Å². The summed E-state index contributed by atoms with van der Waals surface area (Å²) < 4.78 is 6.19. The Morgan fingerprint density at radius 3 is 2.37 bits per heavy atom. The van der Waals surface area contributed by atoms with Crippen molar-refractivity contribution in [1.82, 2.24) is 5.32 Å². The van der Waals surface area contributed by atoms with Crippen molar-refractivity contribution in [2.75, 3.05) is 13.2 Å². The molecule has 1 fully saturated rings. The third-order valence-corrected chi connectivity index (χ3v) is 5.66. The lowest BCUT2D eigenvalue weighted by Crippen LogP contribution is -2.42. The Hall–Kier alpha value is -1.68. The molecule has 0 heterocycles. The van der Waals surface area contributed by atoms with Gasteiger partial charge in [-0.05, 0) is 36.8 Å². The average Bonchev–Trinajstić information content (AvgIpc) is 2.69. The monoisotopic (exact) mass is 367 g/mol. The molecule has 3 rings (SSSR count). The van der Waals surface area contributed by atoms with Crippen molar-refractivity contribution in [1.29, 1.82) is 0 Å². The predicted octanol–water partition coefficient (Wildman–Crippen LogP) is 4.63. The highest BCUT2D eigenvalue weighted by molar-refractivity contribution is 5.31. The molecule has 0 bridgehead atoms. The summed E-state index contributed by atoms with van der Waals surface area (Å²) in [7, 11) is 0. The van der Waals surface area contributed by atoms with Crippen LogP contribution in [-0.4, -0.2) is 30.4 Å². The maximum absolute atomic E-state index is 10.5. The molecule has 3 nitrogen and oxygen atoms in total. The molecular formula is C24H33NO2. The Balaban J connectivity index is 1.58. The van der Waals surface area contributed by atoms with E-state index in [-0.39, 0.29) is 6.10 Å². The Morgan fingerprint density at radius 1 is 1.00 bits per heavy atom. The number of benzene rings is 2. The molecule has 2 N–H and O–H groups in total. The first-order chi connectivity index (χ1) is 13.1. The van der Waals surface area contributed by atoms with Crippen molar-refractivity contribution in [3.8, 4) is 0 Å². The van der Waals surface area contributed by atoms with Gasteiger partial charge in [0, 0.05) is 12.6 Å². The fourth-order valence-corrected chi connectivity index (χ4v) is 3.93. The van der Waals surface area contributed by atoms with Gasteiger partial charge < -0.3 is 15.2 Å². The molecule has 3 heteroatoms. The molecule has 0 saturated heterocycles. The van der Waals surface area contributed by atoms with E-state index in [4.69, 9.17) is 4.74 Å². The van der Waals surface area contributed by atoms with Crippen LogP contribution in [0, 0.1) is 12.8 Å². The molecule has 0 unspecified atom stereocenters. The van der Waals surface area contributed by atoms with E-state index in [0.717, 1.165) is 11.1 Å². The second kappa shape index (κ2) is 10.0. The lowest BCUT2D eigenvalue weighted by atomic mass is 9.86. The highest BCUT2D eigenvalue weighted by Gasteiger charge is 2.22. The maximum atomic E-state index is 10.5. The van der Waals surface area contributed by atoms with Gasteiger partial charge in [-0.2, -0.15) is 0 Å². The summed E-state index contributed by atoms with van der Waals surface area (Å²) in [6, 6.07) is 19.2. The minimum absolute atomic E-state index is 0.157. The summed E-state index contributed by atoms with van der Waals surface area (Å²) >= 11 is 0. The third kappa shape index (κ3) is 5.90. The largest absolute Gasteiger partial charge is 0.389 e. The van der Waals surface area contributed by atoms with Crippen LogP contribution >= 0.6 is 0 Å². The van der Waals surface area contributed by atoms with Crippen molar-refractivity contribution in [2.45, 2.75) is 57.8 Å². The van der Waals surface area contributed by atoms with Crippen molar-refractivity contribution in [3.63, 3.8) is 0 Å². The number of aliphatic hydroxyl groups excluding tert-OH is 1. The highest BCUT2D eigenvalue weighted by Crippen LogP contribution is 2.27. The summed E-state index contributed by atoms with van der Waals surface area (Å²) in [6.45, 7) is 5.30. The van der Waals surface area contributed by atoms with E-state index < -0.39 is 6.10 Å². The number of hydrogen-bond donors (Lipinski definition) is 2. The van der Waals surface area contributed by atoms with E-state index in [1.807, 2.05) is 18.2 Å². The molecule has 0 spiro atoms. The summed E-state index contributed by atoms with van der Waals surface area (Å²) in [4.78, 5) is 0. The second-order valence-corrected chi connectivity index (χ2v) is 7.97. The molecular weight excluding hydrogens is 334 g/mol. The number of aliphatic hydroxyl groups is 1. The molecule has 2 aromatic rings. The molecule has 27 heavy (non-hydrogen) atoms. The highest BCUT2D eigenvalue weighted by atomic mass is 16.5. The smallest absolute Gasteiger partial charge is 0.108 e. The van der Waals surface area contributed by atoms with Crippen molar-refractivity contribution < 1.29 is 9.84 Å². The maximum Gasteiger partial charge on any atom is 0.108 e. The SMILES string of the molecule is Cc1ccc([C@H](OC[C@H](O)CN[C@@H]2CCCC[C@@H]2C)c2ccccc2)cc1. The van der Waals surface area contributed by atoms with Crippen molar-refractivity contribution in [3.05, 3.63) is 71.3 Å². The molecule has 1 saturated carbocycles. The Bertz CT molecular complexity index is 671. The fraction of sp³-hybridized carbons (Fsp3) is 0.500. The standard InChI is InChI=1S/C24H33NO2/c1-18-12-14-21(15-13-18)24(20-9-4-3-5-10-20)27-17-22(26)16-25-23-11-7-6-8-19(23)2/h3-5,9-10,12-15,19,22-26H,6-8,11,16-17H2,1-2H3/t19-,22+,23+,24+/m0/s1. The van der Waals surface area contributed by atoms with Gasteiger partial charge in [0.25, 0.3) is 0 Å². The van der Waals surface area contributed by atoms with Crippen LogP contribution in [0.1, 0.15) is 55.4 Å². The van der Waals surface area contributed by atoms with Crippen molar-refractivity contribution in [2.24, 2.45) is 5.92 Å². The predicted molar refractivity (Wildman–Crippen MR) is 111 cm³/mol. The van der Waals surface area contributed by atoms with Gasteiger partial charge in [-0.1, -0.05) is 79.9 Å². The lowest BCUT2D eigenvalue weighted by molar-refractivity contribution is 0.00447. The molecule has 2 aromatic carbocycles. The minimum Gasteiger partial charge on any atom is -0.389 e. The summed E-state index contributed by atoms with van der Waals surface area (Å²) in [5, 5.41) is 14.0. The zero-order valence-electron chi connectivity index (χ0n) is 16.6. The van der Waals surface area contributed by atoms with Crippen LogP contribution in [0.2, 0.25) is 0 Å². The van der Waals surface area contributed by atoms with Crippen molar-refractivity contribution >= 4 is 0 Å². The van der Waals surface area contributed by atoms with Crippen LogP contribution < -0.4 is 5.32 Å². The summed E-state index contributed by atoms with van der Waals surface area (Å²) in [5.74, 6) is 0.691. The average molecular weight is 368 g/mol. The van der Waals surface area contributed by atoms with Crippen LogP contribution in [0.4, 0.5) is 0 Å². The normalized spacial score (nSPS) is 22.3. The van der Waals surface area contributed by atoms with Crippen LogP contribution in [0.25, 0.3) is 0 Å². The summed E-state index contributed by atoms with van der Waals surface area (Å²) in [5.41, 5.74) is 3.46. The number of ether oxygens (including phenoxy) is 1. The van der Waals surface area contributed by atoms with Gasteiger partial charge >= 0.3 is 0 Å². The quantitative estimate of drug-likeness (QED) is 0.715. The van der Waals surface area contributed by atoms with Crippen LogP contribution in [0.15, 0.2) is 54.6 Å². The molecule has 0 radical (unpaired) electrons. The number of nitrogens with one attached hydrogen (secondary N) is 1. The Morgan fingerprint density at radius 2 is 1.67 bits per heavy atom. The molecule has 0 aromatic heterocycles. The molecule has 1 aliphatic rings. The van der Waals surface area contributed by atoms with Gasteiger partial charge in [0.15, 0.2) is 0 Å². The molecule has 146 valence electrons. The molecule has 4 atom stereocenters. The number of rotatable bonds is 8. The molecule has 0 aliphatic heterocycles. The van der Waals surface area contributed by atoms with E-state index >= 15 is 0 Å². The molecule has 1 aliphatic carbocycles. The first-order valence-corrected chi connectivity index (χ1v) is 10.3. The Kier molecular flexibility index (Phi) is 7.45. The topological polar surface area (TPSA) is 41.5 Å². The van der Waals surface area contributed by atoms with Gasteiger partial charge in [-0.25, -0.2) is 0 Å². The zero-order valence-corrected chi connectivity index (χ0v) is 16.6.